The molecule has 0 aliphatic heterocycles. The lowest BCUT2D eigenvalue weighted by Crippen LogP contribution is -2.40. The Morgan fingerprint density at radius 2 is 2.30 bits per heavy atom. The molecule has 0 bridgehead atoms. The van der Waals surface area contributed by atoms with Crippen LogP contribution in [0.3, 0.4) is 0 Å². The van der Waals surface area contributed by atoms with E-state index in [2.05, 4.69) is 26.0 Å². The Kier molecular flexibility index (Phi) is 3.57. The summed E-state index contributed by atoms with van der Waals surface area (Å²) in [5.41, 5.74) is 3.03. The lowest BCUT2D eigenvalue weighted by molar-refractivity contribution is -0.109. The third-order valence-corrected chi connectivity index (χ3v) is 5.91. The summed E-state index contributed by atoms with van der Waals surface area (Å²) < 4.78 is 5.69. The highest BCUT2D eigenvalue weighted by atomic mass is 32.2. The van der Waals surface area contributed by atoms with Crippen LogP contribution in [0.15, 0.2) is 28.4 Å². The summed E-state index contributed by atoms with van der Waals surface area (Å²) in [4.78, 5) is 11.1. The predicted molar refractivity (Wildman–Crippen MR) is 82.9 cm³/mol. The molecule has 0 spiro atoms. The predicted octanol–water partition coefficient (Wildman–Crippen LogP) is 4.35. The van der Waals surface area contributed by atoms with Gasteiger partial charge in [0.25, 0.3) is 0 Å². The fourth-order valence-electron chi connectivity index (χ4n) is 3.96. The average molecular weight is 290 g/mol. The molecular weight excluding hydrogens is 268 g/mol. The zero-order chi connectivity index (χ0) is 14.3. The second-order valence-corrected chi connectivity index (χ2v) is 7.75. The molecule has 0 fully saturated rings. The van der Waals surface area contributed by atoms with E-state index < -0.39 is 0 Å². The van der Waals surface area contributed by atoms with Crippen LogP contribution < -0.4 is 0 Å². The van der Waals surface area contributed by atoms with Gasteiger partial charge in [-0.3, -0.25) is 4.79 Å². The van der Waals surface area contributed by atoms with Crippen LogP contribution in [0.5, 0.6) is 0 Å². The minimum absolute atomic E-state index is 0.195. The monoisotopic (exact) mass is 290 g/mol. The summed E-state index contributed by atoms with van der Waals surface area (Å²) in [5.74, 6) is 3.29. The third kappa shape index (κ3) is 2.37. The average Bonchev–Trinajstić information content (AvgIpc) is 2.85. The smallest absolute Gasteiger partial charge is 0.186 e. The van der Waals surface area contributed by atoms with E-state index in [0.29, 0.717) is 11.8 Å². The number of furan rings is 1. The van der Waals surface area contributed by atoms with Crippen LogP contribution in [-0.4, -0.2) is 10.9 Å². The molecule has 108 valence electrons. The van der Waals surface area contributed by atoms with Crippen LogP contribution >= 0.6 is 11.8 Å². The van der Waals surface area contributed by atoms with Gasteiger partial charge >= 0.3 is 0 Å². The molecule has 2 atom stereocenters. The van der Waals surface area contributed by atoms with Crippen LogP contribution in [0.1, 0.15) is 44.9 Å². The molecule has 2 aliphatic rings. The first kappa shape index (κ1) is 14.0. The highest BCUT2D eigenvalue weighted by Gasteiger charge is 2.44. The Balaban J connectivity index is 1.84. The van der Waals surface area contributed by atoms with Gasteiger partial charge in [0.15, 0.2) is 5.12 Å². The second kappa shape index (κ2) is 5.10. The summed E-state index contributed by atoms with van der Waals surface area (Å²) in [6.07, 6.45) is 7.65. The van der Waals surface area contributed by atoms with Crippen LogP contribution in [0, 0.1) is 11.8 Å². The van der Waals surface area contributed by atoms with Crippen LogP contribution in [-0.2, 0) is 16.6 Å². The van der Waals surface area contributed by atoms with Crippen molar-refractivity contribution in [1.82, 2.24) is 0 Å². The summed E-state index contributed by atoms with van der Waals surface area (Å²) >= 11 is 1.43. The molecule has 0 aromatic carbocycles. The van der Waals surface area contributed by atoms with Gasteiger partial charge in [-0.05, 0) is 41.7 Å². The zero-order valence-corrected chi connectivity index (χ0v) is 13.3. The SMILES string of the molecule is CC(=O)SCC1=C[C@@H]2Cc3occc3C(C)(C)[C@@H]2CC1. The molecule has 1 aromatic heterocycles. The minimum Gasteiger partial charge on any atom is -0.469 e. The summed E-state index contributed by atoms with van der Waals surface area (Å²) in [6.45, 7) is 6.35. The van der Waals surface area contributed by atoms with Gasteiger partial charge in [0, 0.05) is 19.1 Å². The van der Waals surface area contributed by atoms with Crippen molar-refractivity contribution >= 4 is 16.9 Å². The van der Waals surface area contributed by atoms with Gasteiger partial charge in [0.05, 0.1) is 6.26 Å². The Labute approximate surface area is 125 Å². The molecule has 1 heterocycles. The number of hydrogen-bond donors (Lipinski definition) is 0. The maximum Gasteiger partial charge on any atom is 0.186 e. The number of fused-ring (bicyclic) bond motifs is 2. The Morgan fingerprint density at radius 1 is 1.50 bits per heavy atom. The largest absolute Gasteiger partial charge is 0.469 e. The molecular formula is C17H22O2S. The molecule has 0 amide bonds. The highest BCUT2D eigenvalue weighted by Crippen LogP contribution is 2.49. The molecule has 0 N–H and O–H groups in total. The van der Waals surface area contributed by atoms with Crippen molar-refractivity contribution in [3.8, 4) is 0 Å². The lowest BCUT2D eigenvalue weighted by Gasteiger charge is -2.45. The molecule has 0 saturated carbocycles. The molecule has 2 aliphatic carbocycles. The van der Waals surface area contributed by atoms with E-state index in [0.717, 1.165) is 24.4 Å². The van der Waals surface area contributed by atoms with Crippen molar-refractivity contribution in [1.29, 1.82) is 0 Å². The Morgan fingerprint density at radius 3 is 3.05 bits per heavy atom. The van der Waals surface area contributed by atoms with Crippen molar-refractivity contribution < 1.29 is 9.21 Å². The van der Waals surface area contributed by atoms with Crippen molar-refractivity contribution in [2.24, 2.45) is 11.8 Å². The first-order valence-electron chi connectivity index (χ1n) is 7.38. The number of carbonyl (C=O) groups excluding carboxylic acids is 1. The van der Waals surface area contributed by atoms with Gasteiger partial charge < -0.3 is 4.42 Å². The molecule has 20 heavy (non-hydrogen) atoms. The van der Waals surface area contributed by atoms with Crippen molar-refractivity contribution in [2.75, 3.05) is 5.75 Å². The van der Waals surface area contributed by atoms with Crippen molar-refractivity contribution in [2.45, 2.75) is 45.4 Å². The van der Waals surface area contributed by atoms with Crippen LogP contribution in [0.2, 0.25) is 0 Å². The fraction of sp³-hybridized carbons (Fsp3) is 0.588. The molecule has 0 radical (unpaired) electrons. The first-order valence-corrected chi connectivity index (χ1v) is 8.37. The van der Waals surface area contributed by atoms with Crippen LogP contribution in [0.25, 0.3) is 0 Å². The Hall–Kier alpha value is -0.960. The molecule has 0 saturated heterocycles. The fourth-order valence-corrected chi connectivity index (χ4v) is 4.58. The van der Waals surface area contributed by atoms with E-state index in [4.69, 9.17) is 4.42 Å². The van der Waals surface area contributed by atoms with E-state index >= 15 is 0 Å². The number of hydrogen-bond acceptors (Lipinski definition) is 3. The highest BCUT2D eigenvalue weighted by molar-refractivity contribution is 8.13. The molecule has 3 heteroatoms. The summed E-state index contributed by atoms with van der Waals surface area (Å²) in [7, 11) is 0. The van der Waals surface area contributed by atoms with Gasteiger partial charge in [-0.2, -0.15) is 0 Å². The normalized spacial score (nSPS) is 27.4. The van der Waals surface area contributed by atoms with E-state index in [-0.39, 0.29) is 10.5 Å². The van der Waals surface area contributed by atoms with E-state index in [9.17, 15) is 4.79 Å². The zero-order valence-electron chi connectivity index (χ0n) is 12.4. The van der Waals surface area contributed by atoms with Crippen LogP contribution in [0.4, 0.5) is 0 Å². The van der Waals surface area contributed by atoms with Gasteiger partial charge in [0.1, 0.15) is 5.76 Å². The Bertz CT molecular complexity index is 553. The number of allylic oxidation sites excluding steroid dienone is 1. The number of thioether (sulfide) groups is 1. The lowest BCUT2D eigenvalue weighted by atomic mass is 9.59. The molecule has 1 aromatic rings. The third-order valence-electron chi connectivity index (χ3n) is 4.99. The summed E-state index contributed by atoms with van der Waals surface area (Å²) in [6, 6.07) is 2.15. The maximum absolute atomic E-state index is 11.1. The summed E-state index contributed by atoms with van der Waals surface area (Å²) in [5, 5.41) is 0.213. The standard InChI is InChI=1S/C17H22O2S/c1-11(18)20-10-12-4-5-14-13(8-12)9-16-15(6-7-19-16)17(14,2)3/h6-8,13-14H,4-5,9-10H2,1-3H3/t13-,14-/m1/s1. The number of carbonyl (C=O) groups is 1. The van der Waals surface area contributed by atoms with E-state index in [1.54, 1.807) is 6.92 Å². The quantitative estimate of drug-likeness (QED) is 0.759. The van der Waals surface area contributed by atoms with Crippen molar-refractivity contribution in [3.05, 3.63) is 35.3 Å². The van der Waals surface area contributed by atoms with E-state index in [1.165, 1.54) is 29.3 Å². The first-order chi connectivity index (χ1) is 9.48. The van der Waals surface area contributed by atoms with Gasteiger partial charge in [-0.1, -0.05) is 37.3 Å². The topological polar surface area (TPSA) is 30.2 Å². The van der Waals surface area contributed by atoms with Crippen molar-refractivity contribution in [3.63, 3.8) is 0 Å². The molecule has 0 unspecified atom stereocenters. The van der Waals surface area contributed by atoms with Gasteiger partial charge in [-0.15, -0.1) is 0 Å². The maximum atomic E-state index is 11.1. The second-order valence-electron chi connectivity index (χ2n) is 6.60. The minimum atomic E-state index is 0.195. The molecule has 2 nitrogen and oxygen atoms in total. The van der Waals surface area contributed by atoms with E-state index in [1.807, 2.05) is 6.26 Å². The molecule has 3 rings (SSSR count). The van der Waals surface area contributed by atoms with Gasteiger partial charge in [0.2, 0.25) is 0 Å². The number of rotatable bonds is 2. The van der Waals surface area contributed by atoms with Gasteiger partial charge in [-0.25, -0.2) is 0 Å².